The fourth-order valence-electron chi connectivity index (χ4n) is 4.32. The summed E-state index contributed by atoms with van der Waals surface area (Å²) in [5, 5.41) is 12.5. The van der Waals surface area contributed by atoms with E-state index in [1.165, 1.54) is 6.07 Å². The molecule has 0 spiro atoms. The number of hydrogen-bond donors (Lipinski definition) is 2. The second kappa shape index (κ2) is 12.0. The summed E-state index contributed by atoms with van der Waals surface area (Å²) in [7, 11) is 2.00. The van der Waals surface area contributed by atoms with E-state index >= 15 is 0 Å². The molecule has 0 aliphatic heterocycles. The number of hydrogen-bond acceptors (Lipinski definition) is 5. The fraction of sp³-hybridized carbons (Fsp3) is 0.400. The van der Waals surface area contributed by atoms with Crippen molar-refractivity contribution in [1.29, 1.82) is 5.26 Å². The Balaban J connectivity index is 1.76. The van der Waals surface area contributed by atoms with Crippen molar-refractivity contribution in [2.24, 2.45) is 12.8 Å². The van der Waals surface area contributed by atoms with E-state index in [-0.39, 0.29) is 29.9 Å². The molecule has 1 aromatic heterocycles. The van der Waals surface area contributed by atoms with E-state index in [1.807, 2.05) is 51.4 Å². The van der Waals surface area contributed by atoms with Gasteiger partial charge in [0, 0.05) is 42.2 Å². The minimum Gasteiger partial charge on any atom is -0.490 e. The summed E-state index contributed by atoms with van der Waals surface area (Å²) in [5.41, 5.74) is 8.88. The van der Waals surface area contributed by atoms with E-state index in [0.29, 0.717) is 29.7 Å². The third-order valence-corrected chi connectivity index (χ3v) is 6.08. The summed E-state index contributed by atoms with van der Waals surface area (Å²) < 4.78 is 7.70. The van der Waals surface area contributed by atoms with Gasteiger partial charge in [0.2, 0.25) is 5.91 Å². The molecule has 3 N–H and O–H groups in total. The molecular weight excluding hydrogens is 478 g/mol. The maximum atomic E-state index is 13.1. The van der Waals surface area contributed by atoms with Gasteiger partial charge in [0.1, 0.15) is 17.6 Å². The second-order valence-electron chi connectivity index (χ2n) is 10.9. The van der Waals surface area contributed by atoms with Crippen LogP contribution in [-0.4, -0.2) is 33.5 Å². The monoisotopic (exact) mass is 515 g/mol. The largest absolute Gasteiger partial charge is 0.490 e. The van der Waals surface area contributed by atoms with E-state index in [1.54, 1.807) is 12.1 Å². The van der Waals surface area contributed by atoms with Gasteiger partial charge < -0.3 is 20.4 Å². The average Bonchev–Trinajstić information content (AvgIpc) is 3.25. The molecular formula is C30H37N5O3. The minimum absolute atomic E-state index is 0.0609. The summed E-state index contributed by atoms with van der Waals surface area (Å²) in [6.45, 7) is 10.2. The van der Waals surface area contributed by atoms with Gasteiger partial charge in [-0.05, 0) is 50.5 Å². The highest BCUT2D eigenvalue weighted by atomic mass is 16.5. The number of imidazole rings is 1. The first kappa shape index (κ1) is 28.5. The summed E-state index contributed by atoms with van der Waals surface area (Å²) in [4.78, 5) is 29.4. The van der Waals surface area contributed by atoms with Crippen LogP contribution in [-0.2, 0) is 23.7 Å². The van der Waals surface area contributed by atoms with Crippen molar-refractivity contribution < 1.29 is 14.3 Å². The van der Waals surface area contributed by atoms with Crippen molar-refractivity contribution in [2.45, 2.75) is 71.4 Å². The molecule has 0 fully saturated rings. The Morgan fingerprint density at radius 3 is 2.39 bits per heavy atom. The lowest BCUT2D eigenvalue weighted by Gasteiger charge is -2.19. The van der Waals surface area contributed by atoms with Crippen LogP contribution in [0.2, 0.25) is 0 Å². The number of nitrogens with two attached hydrogens (primary N) is 1. The van der Waals surface area contributed by atoms with Gasteiger partial charge >= 0.3 is 0 Å². The highest BCUT2D eigenvalue weighted by Crippen LogP contribution is 2.26. The van der Waals surface area contributed by atoms with Crippen LogP contribution in [0.15, 0.2) is 48.7 Å². The van der Waals surface area contributed by atoms with E-state index < -0.39 is 5.91 Å². The normalized spacial score (nSPS) is 12.2. The fourth-order valence-corrected chi connectivity index (χ4v) is 4.32. The van der Waals surface area contributed by atoms with Gasteiger partial charge in [0.05, 0.1) is 17.4 Å². The summed E-state index contributed by atoms with van der Waals surface area (Å²) in [6.07, 6.45) is 3.01. The molecule has 0 aliphatic carbocycles. The van der Waals surface area contributed by atoms with Crippen LogP contribution in [0.4, 0.5) is 0 Å². The first-order valence-corrected chi connectivity index (χ1v) is 12.8. The first-order valence-electron chi connectivity index (χ1n) is 12.8. The van der Waals surface area contributed by atoms with Crippen LogP contribution in [0.1, 0.15) is 74.8 Å². The molecule has 0 saturated heterocycles. The first-order chi connectivity index (χ1) is 17.9. The molecule has 8 heteroatoms. The average molecular weight is 516 g/mol. The van der Waals surface area contributed by atoms with Crippen LogP contribution >= 0.6 is 0 Å². The molecule has 38 heavy (non-hydrogen) atoms. The van der Waals surface area contributed by atoms with Gasteiger partial charge in [-0.25, -0.2) is 4.98 Å². The standard InChI is InChI=1S/C30H37N5O3/c1-19(2)38-26-13-11-22(16-23(26)17-31)28(37)33-24(12-14-27(32)36)15-20-7-9-21(10-8-20)25-18-35(6)29(34-25)30(3,4)5/h7-11,13,16,18-19,24H,12,14-15H2,1-6H3,(H2,32,36)(H,33,37)/t24-/m1/s1. The van der Waals surface area contributed by atoms with Gasteiger partial charge in [0.15, 0.2) is 0 Å². The van der Waals surface area contributed by atoms with Crippen molar-refractivity contribution in [3.8, 4) is 23.1 Å². The lowest BCUT2D eigenvalue weighted by Crippen LogP contribution is -2.37. The SMILES string of the molecule is CC(C)Oc1ccc(C(=O)N[C@H](CCC(N)=O)Cc2ccc(-c3cn(C)c(C(C)(C)C)n3)cc2)cc1C#N. The molecule has 0 bridgehead atoms. The lowest BCUT2D eigenvalue weighted by molar-refractivity contribution is -0.118. The van der Waals surface area contributed by atoms with E-state index in [4.69, 9.17) is 15.5 Å². The van der Waals surface area contributed by atoms with Gasteiger partial charge in [-0.1, -0.05) is 45.0 Å². The van der Waals surface area contributed by atoms with Crippen molar-refractivity contribution in [3.05, 3.63) is 71.2 Å². The number of nitrogens with one attached hydrogen (secondary N) is 1. The van der Waals surface area contributed by atoms with Gasteiger partial charge in [0.25, 0.3) is 5.91 Å². The zero-order valence-electron chi connectivity index (χ0n) is 23.0. The van der Waals surface area contributed by atoms with Gasteiger partial charge in [-0.15, -0.1) is 0 Å². The lowest BCUT2D eigenvalue weighted by atomic mass is 9.96. The Hall–Kier alpha value is -4.12. The summed E-state index contributed by atoms with van der Waals surface area (Å²) >= 11 is 0. The zero-order chi connectivity index (χ0) is 28.0. The van der Waals surface area contributed by atoms with Crippen molar-refractivity contribution in [1.82, 2.24) is 14.9 Å². The van der Waals surface area contributed by atoms with Crippen LogP contribution in [0.5, 0.6) is 5.75 Å². The molecule has 0 aliphatic rings. The third-order valence-electron chi connectivity index (χ3n) is 6.08. The molecule has 2 aromatic carbocycles. The molecule has 0 saturated carbocycles. The number of primary amides is 1. The predicted molar refractivity (Wildman–Crippen MR) is 148 cm³/mol. The molecule has 3 aromatic rings. The van der Waals surface area contributed by atoms with Gasteiger partial charge in [-0.3, -0.25) is 9.59 Å². The molecule has 1 atom stereocenters. The zero-order valence-corrected chi connectivity index (χ0v) is 23.0. The number of carbonyl (C=O) groups excluding carboxylic acids is 2. The number of nitrogens with zero attached hydrogens (tertiary/aromatic N) is 3. The van der Waals surface area contributed by atoms with Gasteiger partial charge in [-0.2, -0.15) is 5.26 Å². The van der Waals surface area contributed by atoms with Crippen LogP contribution in [0.3, 0.4) is 0 Å². The number of rotatable bonds is 10. The van der Waals surface area contributed by atoms with E-state index in [2.05, 4.69) is 36.7 Å². The highest BCUT2D eigenvalue weighted by molar-refractivity contribution is 5.95. The Labute approximate surface area is 224 Å². The number of amides is 2. The Bertz CT molecular complexity index is 1330. The van der Waals surface area contributed by atoms with Crippen molar-refractivity contribution >= 4 is 11.8 Å². The smallest absolute Gasteiger partial charge is 0.251 e. The summed E-state index contributed by atoms with van der Waals surface area (Å²) in [6, 6.07) is 14.6. The number of aryl methyl sites for hydroxylation is 1. The summed E-state index contributed by atoms with van der Waals surface area (Å²) in [5.74, 6) is 0.694. The van der Waals surface area contributed by atoms with Crippen LogP contribution in [0.25, 0.3) is 11.3 Å². The number of carbonyl (C=O) groups is 2. The predicted octanol–water partition coefficient (Wildman–Crippen LogP) is 4.65. The molecule has 1 heterocycles. The van der Waals surface area contributed by atoms with Crippen LogP contribution in [0, 0.1) is 11.3 Å². The number of aromatic nitrogens is 2. The number of ether oxygens (including phenoxy) is 1. The van der Waals surface area contributed by atoms with E-state index in [0.717, 1.165) is 22.6 Å². The minimum atomic E-state index is -0.425. The van der Waals surface area contributed by atoms with E-state index in [9.17, 15) is 14.9 Å². The quantitative estimate of drug-likeness (QED) is 0.407. The third kappa shape index (κ3) is 7.45. The molecule has 0 radical (unpaired) electrons. The highest BCUT2D eigenvalue weighted by Gasteiger charge is 2.21. The molecule has 3 rings (SSSR count). The topological polar surface area (TPSA) is 123 Å². The van der Waals surface area contributed by atoms with Crippen LogP contribution < -0.4 is 15.8 Å². The molecule has 8 nitrogen and oxygen atoms in total. The maximum absolute atomic E-state index is 13.1. The Morgan fingerprint density at radius 2 is 1.84 bits per heavy atom. The second-order valence-corrected chi connectivity index (χ2v) is 10.9. The molecule has 0 unspecified atom stereocenters. The van der Waals surface area contributed by atoms with Crippen molar-refractivity contribution in [2.75, 3.05) is 0 Å². The number of nitriles is 1. The molecule has 200 valence electrons. The maximum Gasteiger partial charge on any atom is 0.251 e. The molecule has 2 amide bonds. The number of benzene rings is 2. The van der Waals surface area contributed by atoms with Crippen molar-refractivity contribution in [3.63, 3.8) is 0 Å². The Morgan fingerprint density at radius 1 is 1.16 bits per heavy atom. The Kier molecular flexibility index (Phi) is 8.95.